The van der Waals surface area contributed by atoms with Crippen molar-refractivity contribution in [3.8, 4) is 0 Å². The molecule has 16 heavy (non-hydrogen) atoms. The molecule has 0 aliphatic rings. The summed E-state index contributed by atoms with van der Waals surface area (Å²) in [4.78, 5) is 12.6. The molecule has 0 saturated carbocycles. The molecule has 0 aliphatic heterocycles. The van der Waals surface area contributed by atoms with Crippen molar-refractivity contribution in [1.29, 1.82) is 0 Å². The number of carbonyl (C=O) groups is 1. The number of rotatable bonds is 5. The van der Waals surface area contributed by atoms with Crippen molar-refractivity contribution in [3.05, 3.63) is 28.2 Å². The van der Waals surface area contributed by atoms with Crippen molar-refractivity contribution in [2.45, 2.75) is 20.3 Å². The summed E-state index contributed by atoms with van der Waals surface area (Å²) in [6.07, 6.45) is 0.161. The Morgan fingerprint density at radius 2 is 2.19 bits per heavy atom. The molecule has 1 rings (SSSR count). The van der Waals surface area contributed by atoms with Gasteiger partial charge in [-0.05, 0) is 47.5 Å². The Balaban J connectivity index is 2.82. The van der Waals surface area contributed by atoms with E-state index in [2.05, 4.69) is 20.8 Å². The standard InChI is InChI=1S/C12H16BrNO2/c1-3-14(7-6-12(15)16)11-5-4-9(2)8-10(11)13/h4-5,8H,3,6-7H2,1-2H3,(H,15,16). The summed E-state index contributed by atoms with van der Waals surface area (Å²) in [7, 11) is 0. The molecule has 4 heteroatoms. The SMILES string of the molecule is CCN(CCC(=O)O)c1ccc(C)cc1Br. The third kappa shape index (κ3) is 3.52. The maximum absolute atomic E-state index is 10.6. The average Bonchev–Trinajstić information content (AvgIpc) is 2.21. The zero-order valence-corrected chi connectivity index (χ0v) is 11.1. The van der Waals surface area contributed by atoms with E-state index in [9.17, 15) is 4.79 Å². The zero-order valence-electron chi connectivity index (χ0n) is 9.53. The van der Waals surface area contributed by atoms with Crippen LogP contribution in [0, 0.1) is 6.92 Å². The molecule has 88 valence electrons. The lowest BCUT2D eigenvalue weighted by molar-refractivity contribution is -0.136. The Kier molecular flexibility index (Phi) is 4.80. The van der Waals surface area contributed by atoms with Crippen molar-refractivity contribution in [2.75, 3.05) is 18.0 Å². The smallest absolute Gasteiger partial charge is 0.305 e. The molecule has 0 heterocycles. The second-order valence-corrected chi connectivity index (χ2v) is 4.53. The summed E-state index contributed by atoms with van der Waals surface area (Å²) in [5.74, 6) is -0.762. The molecule has 0 radical (unpaired) electrons. The van der Waals surface area contributed by atoms with Crippen LogP contribution in [0.1, 0.15) is 18.9 Å². The van der Waals surface area contributed by atoms with Crippen LogP contribution in [-0.2, 0) is 4.79 Å². The molecule has 3 nitrogen and oxygen atoms in total. The van der Waals surface area contributed by atoms with Crippen LogP contribution < -0.4 is 4.90 Å². The highest BCUT2D eigenvalue weighted by Gasteiger charge is 2.09. The predicted molar refractivity (Wildman–Crippen MR) is 69.0 cm³/mol. The minimum Gasteiger partial charge on any atom is -0.481 e. The van der Waals surface area contributed by atoms with Gasteiger partial charge in [-0.25, -0.2) is 0 Å². The molecular weight excluding hydrogens is 270 g/mol. The monoisotopic (exact) mass is 285 g/mol. The Morgan fingerprint density at radius 3 is 2.69 bits per heavy atom. The lowest BCUT2D eigenvalue weighted by Crippen LogP contribution is -2.26. The third-order valence-electron chi connectivity index (χ3n) is 2.42. The molecule has 1 N–H and O–H groups in total. The van der Waals surface area contributed by atoms with E-state index in [1.54, 1.807) is 0 Å². The van der Waals surface area contributed by atoms with Gasteiger partial charge >= 0.3 is 5.97 Å². The van der Waals surface area contributed by atoms with Gasteiger partial charge in [0.05, 0.1) is 12.1 Å². The molecule has 0 fully saturated rings. The molecule has 0 amide bonds. The van der Waals surface area contributed by atoms with E-state index in [1.807, 2.05) is 32.0 Å². The third-order valence-corrected chi connectivity index (χ3v) is 3.06. The van der Waals surface area contributed by atoms with Gasteiger partial charge in [0, 0.05) is 17.6 Å². The van der Waals surface area contributed by atoms with E-state index < -0.39 is 5.97 Å². The van der Waals surface area contributed by atoms with Crippen molar-refractivity contribution in [2.24, 2.45) is 0 Å². The van der Waals surface area contributed by atoms with Gasteiger partial charge in [-0.1, -0.05) is 6.07 Å². The van der Waals surface area contributed by atoms with Gasteiger partial charge in [-0.3, -0.25) is 4.79 Å². The van der Waals surface area contributed by atoms with Crippen LogP contribution in [0.2, 0.25) is 0 Å². The maximum Gasteiger partial charge on any atom is 0.305 e. The largest absolute Gasteiger partial charge is 0.481 e. The summed E-state index contributed by atoms with van der Waals surface area (Å²) in [5.41, 5.74) is 2.24. The molecule has 0 bridgehead atoms. The topological polar surface area (TPSA) is 40.5 Å². The molecule has 0 aliphatic carbocycles. The number of nitrogens with zero attached hydrogens (tertiary/aromatic N) is 1. The molecule has 0 atom stereocenters. The maximum atomic E-state index is 10.6. The number of carboxylic acid groups (broad SMARTS) is 1. The van der Waals surface area contributed by atoms with Crippen molar-refractivity contribution in [1.82, 2.24) is 0 Å². The van der Waals surface area contributed by atoms with Crippen LogP contribution in [0.4, 0.5) is 5.69 Å². The number of hydrogen-bond acceptors (Lipinski definition) is 2. The first kappa shape index (κ1) is 13.0. The van der Waals surface area contributed by atoms with E-state index in [1.165, 1.54) is 5.56 Å². The van der Waals surface area contributed by atoms with Gasteiger partial charge in [0.25, 0.3) is 0 Å². The minimum atomic E-state index is -0.762. The first-order chi connectivity index (χ1) is 7.54. The van der Waals surface area contributed by atoms with Crippen molar-refractivity contribution in [3.63, 3.8) is 0 Å². The molecule has 1 aromatic carbocycles. The summed E-state index contributed by atoms with van der Waals surface area (Å²) >= 11 is 3.51. The summed E-state index contributed by atoms with van der Waals surface area (Å²) in [5, 5.41) is 8.68. The fourth-order valence-electron chi connectivity index (χ4n) is 1.55. The molecule has 0 unspecified atom stereocenters. The molecule has 0 saturated heterocycles. The van der Waals surface area contributed by atoms with E-state index >= 15 is 0 Å². The number of aryl methyl sites for hydroxylation is 1. The second-order valence-electron chi connectivity index (χ2n) is 3.68. The summed E-state index contributed by atoms with van der Waals surface area (Å²) < 4.78 is 1.01. The van der Waals surface area contributed by atoms with Crippen LogP contribution in [0.3, 0.4) is 0 Å². The highest BCUT2D eigenvalue weighted by molar-refractivity contribution is 9.10. The summed E-state index contributed by atoms with van der Waals surface area (Å²) in [6.45, 7) is 5.39. The first-order valence-electron chi connectivity index (χ1n) is 5.27. The lowest BCUT2D eigenvalue weighted by atomic mass is 10.2. The molecule has 0 spiro atoms. The number of aliphatic carboxylic acids is 1. The zero-order chi connectivity index (χ0) is 12.1. The highest BCUT2D eigenvalue weighted by atomic mass is 79.9. The Hall–Kier alpha value is -1.03. The number of halogens is 1. The number of hydrogen-bond donors (Lipinski definition) is 1. The van der Waals surface area contributed by atoms with Crippen LogP contribution in [0.5, 0.6) is 0 Å². The first-order valence-corrected chi connectivity index (χ1v) is 6.06. The lowest BCUT2D eigenvalue weighted by Gasteiger charge is -2.23. The van der Waals surface area contributed by atoms with E-state index in [-0.39, 0.29) is 6.42 Å². The fraction of sp³-hybridized carbons (Fsp3) is 0.417. The Morgan fingerprint density at radius 1 is 1.50 bits per heavy atom. The van der Waals surface area contributed by atoms with Gasteiger partial charge in [0.1, 0.15) is 0 Å². The van der Waals surface area contributed by atoms with E-state index in [0.717, 1.165) is 16.7 Å². The van der Waals surface area contributed by atoms with Gasteiger partial charge in [0.2, 0.25) is 0 Å². The number of anilines is 1. The summed E-state index contributed by atoms with van der Waals surface area (Å²) in [6, 6.07) is 6.09. The van der Waals surface area contributed by atoms with E-state index in [0.29, 0.717) is 6.54 Å². The van der Waals surface area contributed by atoms with E-state index in [4.69, 9.17) is 5.11 Å². The van der Waals surface area contributed by atoms with Gasteiger partial charge in [-0.2, -0.15) is 0 Å². The van der Waals surface area contributed by atoms with Crippen LogP contribution in [0.15, 0.2) is 22.7 Å². The minimum absolute atomic E-state index is 0.161. The number of carboxylic acids is 1. The quantitative estimate of drug-likeness (QED) is 0.904. The van der Waals surface area contributed by atoms with Crippen molar-refractivity contribution < 1.29 is 9.90 Å². The second kappa shape index (κ2) is 5.89. The van der Waals surface area contributed by atoms with Gasteiger partial charge < -0.3 is 10.0 Å². The van der Waals surface area contributed by atoms with Crippen molar-refractivity contribution >= 4 is 27.6 Å². The molecule has 0 aromatic heterocycles. The Bertz CT molecular complexity index is 379. The molecule has 1 aromatic rings. The van der Waals surface area contributed by atoms with Crippen LogP contribution >= 0.6 is 15.9 Å². The van der Waals surface area contributed by atoms with Crippen LogP contribution in [-0.4, -0.2) is 24.2 Å². The average molecular weight is 286 g/mol. The van der Waals surface area contributed by atoms with Gasteiger partial charge in [0.15, 0.2) is 0 Å². The highest BCUT2D eigenvalue weighted by Crippen LogP contribution is 2.27. The number of benzene rings is 1. The van der Waals surface area contributed by atoms with Crippen LogP contribution in [0.25, 0.3) is 0 Å². The molecular formula is C12H16BrNO2. The fourth-order valence-corrected chi connectivity index (χ4v) is 2.29. The van der Waals surface area contributed by atoms with Gasteiger partial charge in [-0.15, -0.1) is 0 Å². The normalized spacial score (nSPS) is 10.2. The Labute approximate surface area is 104 Å². The predicted octanol–water partition coefficient (Wildman–Crippen LogP) is 3.06.